The Morgan fingerprint density at radius 1 is 1.25 bits per heavy atom. The van der Waals surface area contributed by atoms with E-state index in [4.69, 9.17) is 9.47 Å². The van der Waals surface area contributed by atoms with E-state index in [1.165, 1.54) is 18.5 Å². The number of carbonyl (C=O) groups is 1. The van der Waals surface area contributed by atoms with E-state index in [1.807, 2.05) is 0 Å². The minimum Gasteiger partial charge on any atom is -0.497 e. The van der Waals surface area contributed by atoms with Crippen LogP contribution in [0.4, 0.5) is 5.69 Å². The Balaban J connectivity index is 2.13. The summed E-state index contributed by atoms with van der Waals surface area (Å²) in [6, 6.07) is 4.94. The summed E-state index contributed by atoms with van der Waals surface area (Å²) >= 11 is 0. The van der Waals surface area contributed by atoms with E-state index < -0.39 is 15.9 Å². The summed E-state index contributed by atoms with van der Waals surface area (Å²) in [5.41, 5.74) is 0.446. The molecule has 2 rings (SSSR count). The number of anilines is 1. The van der Waals surface area contributed by atoms with Gasteiger partial charge in [-0.25, -0.2) is 8.42 Å². The predicted octanol–water partition coefficient (Wildman–Crippen LogP) is 1.85. The number of hydrogen-bond acceptors (Lipinski definition) is 5. The SMILES string of the molecule is COc1ccc(OC)c(NC(=O)CN(C2CCCC2)S(C)(=O)=O)c1. The topological polar surface area (TPSA) is 84.9 Å². The molecule has 0 atom stereocenters. The van der Waals surface area contributed by atoms with Crippen molar-refractivity contribution >= 4 is 21.6 Å². The lowest BCUT2D eigenvalue weighted by atomic mass is 10.2. The molecule has 1 aromatic carbocycles. The van der Waals surface area contributed by atoms with E-state index in [0.717, 1.165) is 31.9 Å². The second-order valence-corrected chi connectivity index (χ2v) is 7.80. The normalized spacial score (nSPS) is 15.5. The number of benzene rings is 1. The molecule has 1 amide bonds. The number of nitrogens with one attached hydrogen (secondary N) is 1. The van der Waals surface area contributed by atoms with E-state index in [-0.39, 0.29) is 12.6 Å². The average Bonchev–Trinajstić information content (AvgIpc) is 3.05. The van der Waals surface area contributed by atoms with Crippen molar-refractivity contribution in [2.75, 3.05) is 32.3 Å². The Morgan fingerprint density at radius 3 is 2.46 bits per heavy atom. The average molecular weight is 356 g/mol. The van der Waals surface area contributed by atoms with Crippen LogP contribution in [0.2, 0.25) is 0 Å². The maximum atomic E-state index is 12.4. The number of amides is 1. The summed E-state index contributed by atoms with van der Waals surface area (Å²) in [5, 5.41) is 2.71. The molecule has 1 N–H and O–H groups in total. The first-order valence-electron chi connectivity index (χ1n) is 7.84. The van der Waals surface area contributed by atoms with Gasteiger partial charge >= 0.3 is 0 Å². The number of carbonyl (C=O) groups excluding carboxylic acids is 1. The molecule has 1 aromatic rings. The summed E-state index contributed by atoms with van der Waals surface area (Å²) in [6.45, 7) is -0.204. The third-order valence-electron chi connectivity index (χ3n) is 4.14. The van der Waals surface area contributed by atoms with Crippen molar-refractivity contribution in [1.29, 1.82) is 0 Å². The monoisotopic (exact) mass is 356 g/mol. The quantitative estimate of drug-likeness (QED) is 0.806. The maximum absolute atomic E-state index is 12.4. The lowest BCUT2D eigenvalue weighted by molar-refractivity contribution is -0.116. The summed E-state index contributed by atoms with van der Waals surface area (Å²) in [6.07, 6.45) is 4.71. The lowest BCUT2D eigenvalue weighted by Crippen LogP contribution is -2.43. The van der Waals surface area contributed by atoms with Crippen molar-refractivity contribution in [1.82, 2.24) is 4.31 Å². The smallest absolute Gasteiger partial charge is 0.239 e. The largest absolute Gasteiger partial charge is 0.497 e. The highest BCUT2D eigenvalue weighted by molar-refractivity contribution is 7.88. The first-order valence-corrected chi connectivity index (χ1v) is 9.68. The molecule has 7 nitrogen and oxygen atoms in total. The fraction of sp³-hybridized carbons (Fsp3) is 0.562. The second kappa shape index (κ2) is 7.85. The molecule has 1 aliphatic rings. The molecular weight excluding hydrogens is 332 g/mol. The number of sulfonamides is 1. The Labute approximate surface area is 143 Å². The van der Waals surface area contributed by atoms with Crippen LogP contribution in [0.1, 0.15) is 25.7 Å². The van der Waals surface area contributed by atoms with E-state index in [0.29, 0.717) is 17.2 Å². The summed E-state index contributed by atoms with van der Waals surface area (Å²) < 4.78 is 35.7. The Hall–Kier alpha value is -1.80. The molecule has 0 aromatic heterocycles. The minimum atomic E-state index is -3.45. The third kappa shape index (κ3) is 4.61. The van der Waals surface area contributed by atoms with E-state index >= 15 is 0 Å². The highest BCUT2D eigenvalue weighted by Crippen LogP contribution is 2.29. The van der Waals surface area contributed by atoms with Gasteiger partial charge in [-0.3, -0.25) is 4.79 Å². The standard InChI is InChI=1S/C16H24N2O5S/c1-22-13-8-9-15(23-2)14(10-13)17-16(19)11-18(24(3,20)21)12-6-4-5-7-12/h8-10,12H,4-7,11H2,1-3H3,(H,17,19). The predicted molar refractivity (Wildman–Crippen MR) is 92.0 cm³/mol. The molecule has 0 bridgehead atoms. The Morgan fingerprint density at radius 2 is 1.92 bits per heavy atom. The van der Waals surface area contributed by atoms with E-state index in [9.17, 15) is 13.2 Å². The Kier molecular flexibility index (Phi) is 6.06. The zero-order valence-corrected chi connectivity index (χ0v) is 15.1. The minimum absolute atomic E-state index is 0.0991. The number of nitrogens with zero attached hydrogens (tertiary/aromatic N) is 1. The molecule has 0 unspecified atom stereocenters. The van der Waals surface area contributed by atoms with Gasteiger partial charge in [0, 0.05) is 12.1 Å². The van der Waals surface area contributed by atoms with Crippen molar-refractivity contribution in [3.63, 3.8) is 0 Å². The number of rotatable bonds is 7. The Bertz CT molecular complexity index is 684. The molecule has 0 radical (unpaired) electrons. The highest BCUT2D eigenvalue weighted by Gasteiger charge is 2.31. The molecule has 8 heteroatoms. The van der Waals surface area contributed by atoms with Crippen LogP contribution in [-0.2, 0) is 14.8 Å². The summed E-state index contributed by atoms with van der Waals surface area (Å²) in [5.74, 6) is 0.650. The fourth-order valence-corrected chi connectivity index (χ4v) is 4.06. The van der Waals surface area contributed by atoms with Crippen molar-refractivity contribution < 1.29 is 22.7 Å². The molecule has 24 heavy (non-hydrogen) atoms. The van der Waals surface area contributed by atoms with Crippen LogP contribution in [0, 0.1) is 0 Å². The van der Waals surface area contributed by atoms with Gasteiger partial charge in [0.2, 0.25) is 15.9 Å². The molecule has 1 fully saturated rings. The van der Waals surface area contributed by atoms with Gasteiger partial charge in [-0.15, -0.1) is 0 Å². The molecule has 0 spiro atoms. The van der Waals surface area contributed by atoms with Gasteiger partial charge < -0.3 is 14.8 Å². The first kappa shape index (κ1) is 18.5. The van der Waals surface area contributed by atoms with Crippen molar-refractivity contribution in [2.45, 2.75) is 31.7 Å². The number of hydrogen-bond donors (Lipinski definition) is 1. The highest BCUT2D eigenvalue weighted by atomic mass is 32.2. The van der Waals surface area contributed by atoms with Gasteiger partial charge in [0.15, 0.2) is 0 Å². The van der Waals surface area contributed by atoms with Crippen molar-refractivity contribution in [3.05, 3.63) is 18.2 Å². The molecule has 0 heterocycles. The van der Waals surface area contributed by atoms with Crippen molar-refractivity contribution in [3.8, 4) is 11.5 Å². The van der Waals surface area contributed by atoms with Gasteiger partial charge in [0.05, 0.1) is 32.7 Å². The zero-order chi connectivity index (χ0) is 17.7. The van der Waals surface area contributed by atoms with Crippen LogP contribution in [0.5, 0.6) is 11.5 Å². The molecule has 0 saturated heterocycles. The molecule has 1 aliphatic carbocycles. The van der Waals surface area contributed by atoms with Gasteiger partial charge in [-0.1, -0.05) is 12.8 Å². The molecule has 1 saturated carbocycles. The van der Waals surface area contributed by atoms with E-state index in [2.05, 4.69) is 5.32 Å². The maximum Gasteiger partial charge on any atom is 0.239 e. The van der Waals surface area contributed by atoms with Gasteiger partial charge in [0.25, 0.3) is 0 Å². The summed E-state index contributed by atoms with van der Waals surface area (Å²) in [7, 11) is -0.422. The molecule has 134 valence electrons. The molecule has 0 aliphatic heterocycles. The van der Waals surface area contributed by atoms with Crippen LogP contribution in [-0.4, -0.2) is 51.7 Å². The van der Waals surface area contributed by atoms with Gasteiger partial charge in [-0.2, -0.15) is 4.31 Å². The number of methoxy groups -OCH3 is 2. The first-order chi connectivity index (χ1) is 11.3. The van der Waals surface area contributed by atoms with Crippen LogP contribution in [0.25, 0.3) is 0 Å². The van der Waals surface area contributed by atoms with Crippen LogP contribution < -0.4 is 14.8 Å². The van der Waals surface area contributed by atoms with Crippen LogP contribution in [0.15, 0.2) is 18.2 Å². The zero-order valence-electron chi connectivity index (χ0n) is 14.2. The second-order valence-electron chi connectivity index (χ2n) is 5.86. The summed E-state index contributed by atoms with van der Waals surface area (Å²) in [4.78, 5) is 12.4. The van der Waals surface area contributed by atoms with E-state index in [1.54, 1.807) is 18.2 Å². The van der Waals surface area contributed by atoms with Crippen molar-refractivity contribution in [2.24, 2.45) is 0 Å². The van der Waals surface area contributed by atoms with Gasteiger partial charge in [0.1, 0.15) is 11.5 Å². The molecular formula is C16H24N2O5S. The van der Waals surface area contributed by atoms with Gasteiger partial charge in [-0.05, 0) is 25.0 Å². The van der Waals surface area contributed by atoms with Crippen LogP contribution in [0.3, 0.4) is 0 Å². The van der Waals surface area contributed by atoms with Crippen LogP contribution >= 0.6 is 0 Å². The number of ether oxygens (including phenoxy) is 2. The third-order valence-corrected chi connectivity index (χ3v) is 5.42. The lowest BCUT2D eigenvalue weighted by Gasteiger charge is -2.25. The fourth-order valence-electron chi connectivity index (χ4n) is 2.95.